The summed E-state index contributed by atoms with van der Waals surface area (Å²) in [6.45, 7) is 3.11. The van der Waals surface area contributed by atoms with Crippen molar-refractivity contribution in [3.63, 3.8) is 0 Å². The zero-order chi connectivity index (χ0) is 10.0. The van der Waals surface area contributed by atoms with Crippen LogP contribution >= 0.6 is 0 Å². The summed E-state index contributed by atoms with van der Waals surface area (Å²) in [5.41, 5.74) is 0.399. The smallest absolute Gasteiger partial charge is 0.162 e. The molecule has 1 rings (SSSR count). The maximum atomic E-state index is 12.8. The van der Waals surface area contributed by atoms with Crippen LogP contribution in [-0.4, -0.2) is 5.78 Å². The highest BCUT2D eigenvalue weighted by molar-refractivity contribution is 5.96. The first-order valence-corrected chi connectivity index (χ1v) is 4.05. The molecule has 3 heteroatoms. The SMILES string of the molecule is CCC(=O)c1cc(C)c(F)c(F)c1. The molecule has 0 N–H and O–H groups in total. The number of hydrogen-bond donors (Lipinski definition) is 0. The number of carbonyl (C=O) groups excluding carboxylic acids is 1. The van der Waals surface area contributed by atoms with Crippen molar-refractivity contribution in [2.45, 2.75) is 20.3 Å². The average molecular weight is 184 g/mol. The van der Waals surface area contributed by atoms with E-state index >= 15 is 0 Å². The van der Waals surface area contributed by atoms with Crippen LogP contribution in [0.5, 0.6) is 0 Å². The Bertz CT molecular complexity index is 322. The summed E-state index contributed by atoms with van der Waals surface area (Å²) in [5, 5.41) is 0. The second kappa shape index (κ2) is 3.64. The van der Waals surface area contributed by atoms with Gasteiger partial charge in [0, 0.05) is 12.0 Å². The quantitative estimate of drug-likeness (QED) is 0.646. The van der Waals surface area contributed by atoms with Crippen LogP contribution in [0.15, 0.2) is 12.1 Å². The van der Waals surface area contributed by atoms with Crippen LogP contribution in [0.25, 0.3) is 0 Å². The van der Waals surface area contributed by atoms with Gasteiger partial charge in [-0.25, -0.2) is 8.78 Å². The second-order valence-corrected chi connectivity index (χ2v) is 2.87. The fraction of sp³-hybridized carbons (Fsp3) is 0.300. The minimum atomic E-state index is -0.961. The summed E-state index contributed by atoms with van der Waals surface area (Å²) in [7, 11) is 0. The topological polar surface area (TPSA) is 17.1 Å². The van der Waals surface area contributed by atoms with Gasteiger partial charge in [0.2, 0.25) is 0 Å². The lowest BCUT2D eigenvalue weighted by molar-refractivity contribution is 0.0987. The zero-order valence-corrected chi connectivity index (χ0v) is 7.53. The van der Waals surface area contributed by atoms with Gasteiger partial charge >= 0.3 is 0 Å². The van der Waals surface area contributed by atoms with Gasteiger partial charge in [0.25, 0.3) is 0 Å². The standard InChI is InChI=1S/C10H10F2O/c1-3-9(13)7-4-6(2)10(12)8(11)5-7/h4-5H,3H2,1-2H3. The van der Waals surface area contributed by atoms with E-state index in [9.17, 15) is 13.6 Å². The molecule has 0 aliphatic rings. The first kappa shape index (κ1) is 9.84. The highest BCUT2D eigenvalue weighted by Gasteiger charge is 2.10. The number of rotatable bonds is 2. The van der Waals surface area contributed by atoms with Gasteiger partial charge in [0.05, 0.1) is 0 Å². The minimum absolute atomic E-state index is 0.164. The van der Waals surface area contributed by atoms with E-state index in [0.717, 1.165) is 6.07 Å². The largest absolute Gasteiger partial charge is 0.294 e. The Labute approximate surface area is 75.4 Å². The lowest BCUT2D eigenvalue weighted by Gasteiger charge is -2.02. The Morgan fingerprint density at radius 3 is 2.46 bits per heavy atom. The van der Waals surface area contributed by atoms with Crippen molar-refractivity contribution in [1.82, 2.24) is 0 Å². The van der Waals surface area contributed by atoms with Crippen LogP contribution in [0.1, 0.15) is 29.3 Å². The van der Waals surface area contributed by atoms with Crippen molar-refractivity contribution in [3.8, 4) is 0 Å². The third-order valence-electron chi connectivity index (χ3n) is 1.85. The normalized spacial score (nSPS) is 10.2. The maximum Gasteiger partial charge on any atom is 0.162 e. The molecule has 0 saturated carbocycles. The molecule has 0 fully saturated rings. The van der Waals surface area contributed by atoms with E-state index in [0.29, 0.717) is 6.42 Å². The van der Waals surface area contributed by atoms with Crippen molar-refractivity contribution < 1.29 is 13.6 Å². The number of carbonyl (C=O) groups is 1. The molecular formula is C10H10F2O. The van der Waals surface area contributed by atoms with Crippen LogP contribution in [0, 0.1) is 18.6 Å². The van der Waals surface area contributed by atoms with E-state index in [4.69, 9.17) is 0 Å². The Kier molecular flexibility index (Phi) is 2.76. The number of halogens is 2. The number of hydrogen-bond acceptors (Lipinski definition) is 1. The predicted molar refractivity (Wildman–Crippen MR) is 45.7 cm³/mol. The Balaban J connectivity index is 3.20. The Morgan fingerprint density at radius 2 is 2.00 bits per heavy atom. The molecule has 0 aliphatic carbocycles. The highest BCUT2D eigenvalue weighted by Crippen LogP contribution is 2.15. The molecule has 0 aromatic heterocycles. The molecule has 0 aliphatic heterocycles. The van der Waals surface area contributed by atoms with Gasteiger partial charge in [-0.1, -0.05) is 6.92 Å². The summed E-state index contributed by atoms with van der Waals surface area (Å²) in [4.78, 5) is 11.1. The number of ketones is 1. The molecule has 0 unspecified atom stereocenters. The molecule has 0 heterocycles. The molecule has 1 nitrogen and oxygen atoms in total. The lowest BCUT2D eigenvalue weighted by atomic mass is 10.1. The van der Waals surface area contributed by atoms with E-state index < -0.39 is 11.6 Å². The summed E-state index contributed by atoms with van der Waals surface area (Å²) in [5.74, 6) is -2.02. The van der Waals surface area contributed by atoms with Gasteiger partial charge in [-0.2, -0.15) is 0 Å². The van der Waals surface area contributed by atoms with E-state index in [1.54, 1.807) is 6.92 Å². The zero-order valence-electron chi connectivity index (χ0n) is 7.53. The van der Waals surface area contributed by atoms with Gasteiger partial charge in [0.15, 0.2) is 17.4 Å². The molecule has 70 valence electrons. The van der Waals surface area contributed by atoms with Crippen molar-refractivity contribution in [2.75, 3.05) is 0 Å². The first-order chi connectivity index (χ1) is 6.06. The number of benzene rings is 1. The number of Topliss-reactive ketones (excluding diaryl/α,β-unsaturated/α-hetero) is 1. The summed E-state index contributed by atoms with van der Waals surface area (Å²) in [6.07, 6.45) is 0.296. The van der Waals surface area contributed by atoms with Crippen LogP contribution < -0.4 is 0 Å². The van der Waals surface area contributed by atoms with Gasteiger partial charge in [0.1, 0.15) is 0 Å². The van der Waals surface area contributed by atoms with E-state index in [1.165, 1.54) is 13.0 Å². The fourth-order valence-electron chi connectivity index (χ4n) is 1.09. The molecule has 0 bridgehead atoms. The molecule has 13 heavy (non-hydrogen) atoms. The third-order valence-corrected chi connectivity index (χ3v) is 1.85. The Morgan fingerprint density at radius 1 is 1.38 bits per heavy atom. The highest BCUT2D eigenvalue weighted by atomic mass is 19.2. The van der Waals surface area contributed by atoms with Crippen LogP contribution in [-0.2, 0) is 0 Å². The molecular weight excluding hydrogens is 174 g/mol. The van der Waals surface area contributed by atoms with Gasteiger partial charge in [-0.3, -0.25) is 4.79 Å². The lowest BCUT2D eigenvalue weighted by Crippen LogP contribution is -2.00. The van der Waals surface area contributed by atoms with Crippen molar-refractivity contribution in [2.24, 2.45) is 0 Å². The van der Waals surface area contributed by atoms with Crippen LogP contribution in [0.3, 0.4) is 0 Å². The molecule has 1 aromatic carbocycles. The molecule has 1 aromatic rings. The fourth-order valence-corrected chi connectivity index (χ4v) is 1.09. The summed E-state index contributed by atoms with van der Waals surface area (Å²) in [6, 6.07) is 2.30. The van der Waals surface area contributed by atoms with Crippen molar-refractivity contribution >= 4 is 5.78 Å². The van der Waals surface area contributed by atoms with E-state index in [1.807, 2.05) is 0 Å². The molecule has 0 saturated heterocycles. The number of aryl methyl sites for hydroxylation is 1. The Hall–Kier alpha value is -1.25. The van der Waals surface area contributed by atoms with Crippen LogP contribution in [0.4, 0.5) is 8.78 Å². The second-order valence-electron chi connectivity index (χ2n) is 2.87. The van der Waals surface area contributed by atoms with Crippen LogP contribution in [0.2, 0.25) is 0 Å². The van der Waals surface area contributed by atoms with Gasteiger partial charge in [-0.05, 0) is 24.6 Å². The maximum absolute atomic E-state index is 12.8. The first-order valence-electron chi connectivity index (χ1n) is 4.05. The molecule has 0 atom stereocenters. The van der Waals surface area contributed by atoms with Crippen molar-refractivity contribution in [3.05, 3.63) is 34.9 Å². The molecule has 0 radical (unpaired) electrons. The third kappa shape index (κ3) is 1.91. The molecule has 0 spiro atoms. The van der Waals surface area contributed by atoms with E-state index in [2.05, 4.69) is 0 Å². The van der Waals surface area contributed by atoms with Gasteiger partial charge in [-0.15, -0.1) is 0 Å². The predicted octanol–water partition coefficient (Wildman–Crippen LogP) is 2.87. The summed E-state index contributed by atoms with van der Waals surface area (Å²) < 4.78 is 25.6. The monoisotopic (exact) mass is 184 g/mol. The minimum Gasteiger partial charge on any atom is -0.294 e. The van der Waals surface area contributed by atoms with Crippen molar-refractivity contribution in [1.29, 1.82) is 0 Å². The molecule has 0 amide bonds. The average Bonchev–Trinajstić information content (AvgIpc) is 2.12. The van der Waals surface area contributed by atoms with Gasteiger partial charge < -0.3 is 0 Å². The summed E-state index contributed by atoms with van der Waals surface area (Å²) >= 11 is 0. The van der Waals surface area contributed by atoms with E-state index in [-0.39, 0.29) is 16.9 Å².